The van der Waals surface area contributed by atoms with Gasteiger partial charge in [-0.1, -0.05) is 16.8 Å². The van der Waals surface area contributed by atoms with Crippen molar-refractivity contribution in [3.05, 3.63) is 45.8 Å². The molecule has 1 amide bonds. The van der Waals surface area contributed by atoms with E-state index in [2.05, 4.69) is 25.7 Å². The Morgan fingerprint density at radius 3 is 2.79 bits per heavy atom. The van der Waals surface area contributed by atoms with Crippen LogP contribution in [0.4, 0.5) is 0 Å². The maximum absolute atomic E-state index is 12.1. The van der Waals surface area contributed by atoms with Gasteiger partial charge in [0.25, 0.3) is 0 Å². The second-order valence-corrected chi connectivity index (χ2v) is 7.70. The van der Waals surface area contributed by atoms with Crippen molar-refractivity contribution in [2.45, 2.75) is 45.6 Å². The average molecular weight is 435 g/mol. The summed E-state index contributed by atoms with van der Waals surface area (Å²) in [6.07, 6.45) is 2.17. The van der Waals surface area contributed by atoms with E-state index in [1.54, 1.807) is 12.1 Å². The number of halogens is 1. The Morgan fingerprint density at radius 2 is 2.07 bits per heavy atom. The Balaban J connectivity index is 1.40. The number of hydrogen-bond donors (Lipinski definition) is 2. The number of benzene rings is 1. The molecule has 1 aromatic carbocycles. The molecule has 0 bridgehead atoms. The molecule has 0 aliphatic heterocycles. The highest BCUT2D eigenvalue weighted by atomic mass is 35.5. The second-order valence-electron chi connectivity index (χ2n) is 6.88. The minimum absolute atomic E-state index is 0.0207. The number of carbonyl (C=O) groups is 1. The zero-order valence-electron chi connectivity index (χ0n) is 16.3. The molecular weight excluding hydrogens is 412 g/mol. The molecule has 8 nitrogen and oxygen atoms in total. The summed E-state index contributed by atoms with van der Waals surface area (Å²) < 4.78 is 7.81. The lowest BCUT2D eigenvalue weighted by atomic mass is 10.2. The Labute approximate surface area is 178 Å². The molecule has 0 atom stereocenters. The molecule has 0 radical (unpaired) electrons. The lowest BCUT2D eigenvalue weighted by Gasteiger charge is -2.10. The highest BCUT2D eigenvalue weighted by molar-refractivity contribution is 7.71. The van der Waals surface area contributed by atoms with Gasteiger partial charge in [0.2, 0.25) is 17.6 Å². The number of H-pyrrole nitrogens is 1. The van der Waals surface area contributed by atoms with Crippen molar-refractivity contribution < 1.29 is 9.32 Å². The Kier molecular flexibility index (Phi) is 7.16. The van der Waals surface area contributed by atoms with Gasteiger partial charge in [0.1, 0.15) is 5.82 Å². The number of aryl methyl sites for hydroxylation is 1. The fourth-order valence-electron chi connectivity index (χ4n) is 2.92. The van der Waals surface area contributed by atoms with Crippen LogP contribution in [0.25, 0.3) is 11.4 Å². The topological polar surface area (TPSA) is 102 Å². The fourth-order valence-corrected chi connectivity index (χ4v) is 3.41. The molecule has 0 spiro atoms. The van der Waals surface area contributed by atoms with Crippen LogP contribution in [-0.4, -0.2) is 37.4 Å². The van der Waals surface area contributed by atoms with Crippen LogP contribution in [0.1, 0.15) is 44.4 Å². The Morgan fingerprint density at radius 1 is 1.31 bits per heavy atom. The van der Waals surface area contributed by atoms with Gasteiger partial charge in [0.15, 0.2) is 4.77 Å². The smallest absolute Gasteiger partial charge is 0.226 e. The second kappa shape index (κ2) is 9.80. The van der Waals surface area contributed by atoms with Crippen molar-refractivity contribution in [2.24, 2.45) is 0 Å². The number of aromatic nitrogens is 5. The quantitative estimate of drug-likeness (QED) is 0.495. The number of aromatic amines is 1. The summed E-state index contributed by atoms with van der Waals surface area (Å²) in [5.41, 5.74) is 0.835. The molecule has 2 heterocycles. The SMILES string of the molecule is CC(C)n1c(CCNC(=O)CCCc2nc(-c3ccc(Cl)cc3)no2)n[nH]c1=S. The number of rotatable bonds is 9. The summed E-state index contributed by atoms with van der Waals surface area (Å²) in [7, 11) is 0. The molecule has 0 unspecified atom stereocenters. The van der Waals surface area contributed by atoms with Crippen molar-refractivity contribution in [2.75, 3.05) is 6.54 Å². The lowest BCUT2D eigenvalue weighted by molar-refractivity contribution is -0.121. The molecule has 0 saturated carbocycles. The van der Waals surface area contributed by atoms with Gasteiger partial charge in [0.05, 0.1) is 0 Å². The molecule has 0 saturated heterocycles. The van der Waals surface area contributed by atoms with E-state index in [1.807, 2.05) is 30.5 Å². The van der Waals surface area contributed by atoms with Gasteiger partial charge in [-0.2, -0.15) is 10.1 Å². The third-order valence-electron chi connectivity index (χ3n) is 4.33. The normalized spacial score (nSPS) is 11.2. The summed E-state index contributed by atoms with van der Waals surface area (Å²) >= 11 is 11.1. The van der Waals surface area contributed by atoms with Crippen molar-refractivity contribution in [1.82, 2.24) is 30.2 Å². The first-order valence-corrected chi connectivity index (χ1v) is 10.2. The summed E-state index contributed by atoms with van der Waals surface area (Å²) in [6.45, 7) is 4.60. The summed E-state index contributed by atoms with van der Waals surface area (Å²) in [6, 6.07) is 7.44. The number of carbonyl (C=O) groups excluding carboxylic acids is 1. The molecule has 154 valence electrons. The zero-order chi connectivity index (χ0) is 20.8. The average Bonchev–Trinajstić information content (AvgIpc) is 3.29. The molecule has 3 rings (SSSR count). The summed E-state index contributed by atoms with van der Waals surface area (Å²) in [5.74, 6) is 1.84. The highest BCUT2D eigenvalue weighted by Gasteiger charge is 2.11. The molecule has 0 aliphatic rings. The first kappa shape index (κ1) is 21.2. The van der Waals surface area contributed by atoms with Crippen LogP contribution < -0.4 is 5.32 Å². The molecule has 2 N–H and O–H groups in total. The van der Waals surface area contributed by atoms with Crippen LogP contribution in [0.3, 0.4) is 0 Å². The monoisotopic (exact) mass is 434 g/mol. The van der Waals surface area contributed by atoms with Crippen molar-refractivity contribution in [3.8, 4) is 11.4 Å². The largest absolute Gasteiger partial charge is 0.356 e. The van der Waals surface area contributed by atoms with Gasteiger partial charge in [-0.05, 0) is 56.8 Å². The van der Waals surface area contributed by atoms with Crippen molar-refractivity contribution in [3.63, 3.8) is 0 Å². The van der Waals surface area contributed by atoms with E-state index >= 15 is 0 Å². The van der Waals surface area contributed by atoms with Gasteiger partial charge in [0, 0.05) is 42.4 Å². The van der Waals surface area contributed by atoms with E-state index in [1.165, 1.54) is 0 Å². The lowest BCUT2D eigenvalue weighted by Crippen LogP contribution is -2.26. The molecule has 29 heavy (non-hydrogen) atoms. The van der Waals surface area contributed by atoms with Crippen LogP contribution in [-0.2, 0) is 17.6 Å². The Bertz CT molecular complexity index is 1010. The minimum Gasteiger partial charge on any atom is -0.356 e. The Hall–Kier alpha value is -2.52. The van der Waals surface area contributed by atoms with Crippen LogP contribution in [0.15, 0.2) is 28.8 Å². The third-order valence-corrected chi connectivity index (χ3v) is 4.87. The molecule has 0 aliphatic carbocycles. The van der Waals surface area contributed by atoms with Crippen molar-refractivity contribution in [1.29, 1.82) is 0 Å². The summed E-state index contributed by atoms with van der Waals surface area (Å²) in [5, 5.41) is 14.6. The van der Waals surface area contributed by atoms with Crippen LogP contribution in [0.5, 0.6) is 0 Å². The van der Waals surface area contributed by atoms with Gasteiger partial charge >= 0.3 is 0 Å². The van der Waals surface area contributed by atoms with E-state index in [-0.39, 0.29) is 11.9 Å². The van der Waals surface area contributed by atoms with Crippen LogP contribution in [0.2, 0.25) is 5.02 Å². The maximum atomic E-state index is 12.1. The predicted octanol–water partition coefficient (Wildman–Crippen LogP) is 3.91. The fraction of sp³-hybridized carbons (Fsp3) is 0.421. The molecule has 3 aromatic rings. The number of hydrogen-bond acceptors (Lipinski definition) is 6. The number of amides is 1. The molecule has 10 heteroatoms. The van der Waals surface area contributed by atoms with E-state index in [4.69, 9.17) is 28.3 Å². The maximum Gasteiger partial charge on any atom is 0.226 e. The number of nitrogens with zero attached hydrogens (tertiary/aromatic N) is 4. The van der Waals surface area contributed by atoms with Gasteiger partial charge in [-0.25, -0.2) is 0 Å². The van der Waals surface area contributed by atoms with E-state index in [0.29, 0.717) is 53.7 Å². The van der Waals surface area contributed by atoms with Gasteiger partial charge in [-0.3, -0.25) is 9.89 Å². The summed E-state index contributed by atoms with van der Waals surface area (Å²) in [4.78, 5) is 16.4. The highest BCUT2D eigenvalue weighted by Crippen LogP contribution is 2.19. The molecule has 0 fully saturated rings. The zero-order valence-corrected chi connectivity index (χ0v) is 17.9. The predicted molar refractivity (Wildman–Crippen MR) is 112 cm³/mol. The molecular formula is C19H23ClN6O2S. The number of nitrogens with one attached hydrogen (secondary N) is 2. The van der Waals surface area contributed by atoms with Crippen molar-refractivity contribution >= 4 is 29.7 Å². The first-order valence-electron chi connectivity index (χ1n) is 9.45. The first-order chi connectivity index (χ1) is 13.9. The van der Waals surface area contributed by atoms with Gasteiger partial charge < -0.3 is 14.4 Å². The third kappa shape index (κ3) is 5.74. The standard InChI is InChI=1S/C19H23ClN6O2S/c1-12(2)26-15(23-24-19(26)29)10-11-21-16(27)4-3-5-17-22-18(25-28-17)13-6-8-14(20)9-7-13/h6-9,12H,3-5,10-11H2,1-2H3,(H,21,27)(H,24,29). The molecule has 2 aromatic heterocycles. The van der Waals surface area contributed by atoms with Crippen LogP contribution >= 0.6 is 23.8 Å². The van der Waals surface area contributed by atoms with Crippen LogP contribution in [0, 0.1) is 4.77 Å². The minimum atomic E-state index is -0.0207. The van der Waals surface area contributed by atoms with Gasteiger partial charge in [-0.15, -0.1) is 0 Å². The van der Waals surface area contributed by atoms with E-state index < -0.39 is 0 Å². The van der Waals surface area contributed by atoms with E-state index in [9.17, 15) is 4.79 Å². The van der Waals surface area contributed by atoms with E-state index in [0.717, 1.165) is 11.4 Å².